The third-order valence-electron chi connectivity index (χ3n) is 4.51. The molecule has 0 fully saturated rings. The van der Waals surface area contributed by atoms with E-state index in [-0.39, 0.29) is 11.7 Å². The summed E-state index contributed by atoms with van der Waals surface area (Å²) in [6, 6.07) is 1.91. The summed E-state index contributed by atoms with van der Waals surface area (Å²) in [5.74, 6) is 1.05. The molecule has 1 aromatic carbocycles. The smallest absolute Gasteiger partial charge is 0.305 e. The second-order valence-electron chi connectivity index (χ2n) is 6.31. The van der Waals surface area contributed by atoms with Crippen molar-refractivity contribution >= 4 is 5.97 Å². The number of phenolic OH excluding ortho intramolecular Hbond substituents is 1. The van der Waals surface area contributed by atoms with E-state index >= 15 is 0 Å². The molecule has 0 aliphatic carbocycles. The van der Waals surface area contributed by atoms with E-state index in [1.807, 2.05) is 13.0 Å². The van der Waals surface area contributed by atoms with E-state index in [2.05, 4.69) is 4.74 Å². The fourth-order valence-corrected chi connectivity index (χ4v) is 3.01. The van der Waals surface area contributed by atoms with Gasteiger partial charge in [-0.2, -0.15) is 0 Å². The first kappa shape index (κ1) is 21.1. The number of aryl methyl sites for hydroxylation is 1. The van der Waals surface area contributed by atoms with Gasteiger partial charge in [0.2, 0.25) is 5.75 Å². The lowest BCUT2D eigenvalue weighted by molar-refractivity contribution is -0.140. The van der Waals surface area contributed by atoms with Crippen molar-refractivity contribution < 1.29 is 24.1 Å². The maximum absolute atomic E-state index is 11.0. The normalized spacial score (nSPS) is 10.6. The van der Waals surface area contributed by atoms with Crippen LogP contribution in [0, 0.1) is 6.92 Å². The molecule has 0 unspecified atom stereocenters. The molecule has 0 aliphatic heterocycles. The minimum Gasteiger partial charge on any atom is -0.504 e. The number of benzene rings is 1. The van der Waals surface area contributed by atoms with E-state index in [0.717, 1.165) is 49.7 Å². The number of esters is 1. The van der Waals surface area contributed by atoms with Crippen LogP contribution in [0.15, 0.2) is 6.07 Å². The number of ether oxygens (including phenoxy) is 3. The fourth-order valence-electron chi connectivity index (χ4n) is 3.01. The van der Waals surface area contributed by atoms with Crippen LogP contribution >= 0.6 is 0 Å². The summed E-state index contributed by atoms with van der Waals surface area (Å²) in [4.78, 5) is 11.0. The molecular formula is C20H32O5. The van der Waals surface area contributed by atoms with Crippen LogP contribution < -0.4 is 9.47 Å². The lowest BCUT2D eigenvalue weighted by Gasteiger charge is -2.15. The summed E-state index contributed by atoms with van der Waals surface area (Å²) in [6.45, 7) is 1.98. The van der Waals surface area contributed by atoms with E-state index in [1.165, 1.54) is 27.1 Å². The van der Waals surface area contributed by atoms with Gasteiger partial charge in [0.05, 0.1) is 21.3 Å². The molecular weight excluding hydrogens is 320 g/mol. The third-order valence-corrected chi connectivity index (χ3v) is 4.51. The summed E-state index contributed by atoms with van der Waals surface area (Å²) in [5.41, 5.74) is 1.97. The number of rotatable bonds is 12. The summed E-state index contributed by atoms with van der Waals surface area (Å²) < 4.78 is 15.1. The molecule has 25 heavy (non-hydrogen) atoms. The van der Waals surface area contributed by atoms with E-state index < -0.39 is 0 Å². The first-order valence-electron chi connectivity index (χ1n) is 9.05. The van der Waals surface area contributed by atoms with Crippen molar-refractivity contribution in [2.75, 3.05) is 21.3 Å². The zero-order chi connectivity index (χ0) is 18.7. The minimum atomic E-state index is -0.120. The Hall–Kier alpha value is -1.91. The van der Waals surface area contributed by atoms with Crippen molar-refractivity contribution in [1.82, 2.24) is 0 Å². The first-order valence-corrected chi connectivity index (χ1v) is 9.05. The quantitative estimate of drug-likeness (QED) is 0.441. The Kier molecular flexibility index (Phi) is 9.81. The molecule has 0 spiro atoms. The second kappa shape index (κ2) is 11.6. The van der Waals surface area contributed by atoms with Crippen molar-refractivity contribution in [2.45, 2.75) is 64.7 Å². The van der Waals surface area contributed by atoms with Crippen molar-refractivity contribution in [1.29, 1.82) is 0 Å². The highest BCUT2D eigenvalue weighted by atomic mass is 16.5. The Morgan fingerprint density at radius 1 is 0.960 bits per heavy atom. The standard InChI is InChI=1S/C20H32O5/c1-15-14-17(23-2)20(25-4)19(22)16(15)12-10-8-6-5-7-9-11-13-18(21)24-3/h14,22H,5-13H2,1-4H3. The molecule has 0 aliphatic rings. The molecule has 0 saturated carbocycles. The molecule has 142 valence electrons. The Morgan fingerprint density at radius 2 is 1.56 bits per heavy atom. The largest absolute Gasteiger partial charge is 0.504 e. The molecule has 0 heterocycles. The second-order valence-corrected chi connectivity index (χ2v) is 6.31. The molecule has 0 radical (unpaired) electrons. The SMILES string of the molecule is COC(=O)CCCCCCCCCc1c(C)cc(OC)c(OC)c1O. The molecule has 0 aromatic heterocycles. The number of hydrogen-bond acceptors (Lipinski definition) is 5. The highest BCUT2D eigenvalue weighted by Crippen LogP contribution is 2.41. The van der Waals surface area contributed by atoms with Gasteiger partial charge in [0, 0.05) is 12.0 Å². The van der Waals surface area contributed by atoms with Crippen molar-refractivity contribution in [3.05, 3.63) is 17.2 Å². The molecule has 1 rings (SSSR count). The topological polar surface area (TPSA) is 65.0 Å². The number of aromatic hydroxyl groups is 1. The van der Waals surface area contributed by atoms with E-state index in [9.17, 15) is 9.90 Å². The van der Waals surface area contributed by atoms with Gasteiger partial charge in [-0.25, -0.2) is 0 Å². The molecule has 0 amide bonds. The Balaban J connectivity index is 2.29. The van der Waals surface area contributed by atoms with E-state index in [1.54, 1.807) is 7.11 Å². The molecule has 0 saturated heterocycles. The zero-order valence-electron chi connectivity index (χ0n) is 16.0. The van der Waals surface area contributed by atoms with Gasteiger partial charge in [-0.15, -0.1) is 0 Å². The summed E-state index contributed by atoms with van der Waals surface area (Å²) in [5, 5.41) is 10.4. The highest BCUT2D eigenvalue weighted by Gasteiger charge is 2.16. The monoisotopic (exact) mass is 352 g/mol. The van der Waals surface area contributed by atoms with Crippen LogP contribution in [0.5, 0.6) is 17.2 Å². The fraction of sp³-hybridized carbons (Fsp3) is 0.650. The van der Waals surface area contributed by atoms with Crippen LogP contribution in [0.25, 0.3) is 0 Å². The summed E-state index contributed by atoms with van der Waals surface area (Å²) in [7, 11) is 4.54. The van der Waals surface area contributed by atoms with Gasteiger partial charge in [0.15, 0.2) is 11.5 Å². The Bertz CT molecular complexity index is 539. The Morgan fingerprint density at radius 3 is 2.12 bits per heavy atom. The number of hydrogen-bond donors (Lipinski definition) is 1. The number of carbonyl (C=O) groups is 1. The lowest BCUT2D eigenvalue weighted by atomic mass is 9.99. The maximum atomic E-state index is 11.0. The van der Waals surface area contributed by atoms with Crippen LogP contribution in [0.3, 0.4) is 0 Å². The number of carbonyl (C=O) groups excluding carboxylic acids is 1. The molecule has 0 bridgehead atoms. The van der Waals surface area contributed by atoms with Crippen LogP contribution in [-0.4, -0.2) is 32.4 Å². The van der Waals surface area contributed by atoms with Crippen LogP contribution in [-0.2, 0) is 16.0 Å². The molecule has 5 nitrogen and oxygen atoms in total. The van der Waals surface area contributed by atoms with Crippen molar-refractivity contribution in [3.8, 4) is 17.2 Å². The molecule has 1 N–H and O–H groups in total. The van der Waals surface area contributed by atoms with Crippen LogP contribution in [0.1, 0.15) is 62.5 Å². The average molecular weight is 352 g/mol. The number of unbranched alkanes of at least 4 members (excludes halogenated alkanes) is 6. The van der Waals surface area contributed by atoms with E-state index in [0.29, 0.717) is 17.9 Å². The predicted molar refractivity (Wildman–Crippen MR) is 98.6 cm³/mol. The van der Waals surface area contributed by atoms with Gasteiger partial charge < -0.3 is 19.3 Å². The Labute approximate surface area is 151 Å². The minimum absolute atomic E-state index is 0.120. The average Bonchev–Trinajstić information content (AvgIpc) is 2.61. The van der Waals surface area contributed by atoms with Crippen molar-refractivity contribution in [3.63, 3.8) is 0 Å². The maximum Gasteiger partial charge on any atom is 0.305 e. The molecule has 1 aromatic rings. The van der Waals surface area contributed by atoms with Gasteiger partial charge in [-0.3, -0.25) is 4.79 Å². The van der Waals surface area contributed by atoms with E-state index in [4.69, 9.17) is 9.47 Å². The third kappa shape index (κ3) is 6.85. The van der Waals surface area contributed by atoms with Gasteiger partial charge in [0.25, 0.3) is 0 Å². The first-order chi connectivity index (χ1) is 12.0. The highest BCUT2D eigenvalue weighted by molar-refractivity contribution is 5.68. The molecule has 5 heteroatoms. The van der Waals surface area contributed by atoms with Crippen molar-refractivity contribution in [2.24, 2.45) is 0 Å². The summed E-state index contributed by atoms with van der Waals surface area (Å²) >= 11 is 0. The molecule has 0 atom stereocenters. The van der Waals surface area contributed by atoms with Gasteiger partial charge in [-0.05, 0) is 37.8 Å². The van der Waals surface area contributed by atoms with Gasteiger partial charge in [-0.1, -0.05) is 32.1 Å². The van der Waals surface area contributed by atoms with Gasteiger partial charge in [0.1, 0.15) is 0 Å². The predicted octanol–water partition coefficient (Wildman–Crippen LogP) is 4.55. The lowest BCUT2D eigenvalue weighted by Crippen LogP contribution is -1.99. The zero-order valence-corrected chi connectivity index (χ0v) is 16.0. The van der Waals surface area contributed by atoms with Crippen LogP contribution in [0.4, 0.5) is 0 Å². The number of methoxy groups -OCH3 is 3. The van der Waals surface area contributed by atoms with Crippen LogP contribution in [0.2, 0.25) is 0 Å². The van der Waals surface area contributed by atoms with Gasteiger partial charge >= 0.3 is 5.97 Å². The number of phenols is 1. The summed E-state index contributed by atoms with van der Waals surface area (Å²) in [6.07, 6.45) is 9.00.